The highest BCUT2D eigenvalue weighted by molar-refractivity contribution is 9.10. The second-order valence-corrected chi connectivity index (χ2v) is 5.30. The molecule has 1 aromatic heterocycles. The van der Waals surface area contributed by atoms with Gasteiger partial charge in [0.1, 0.15) is 4.60 Å². The Hall–Kier alpha value is -1.23. The minimum Gasteiger partial charge on any atom is -0.396 e. The van der Waals surface area contributed by atoms with Crippen LogP contribution in [-0.2, 0) is 10.9 Å². The summed E-state index contributed by atoms with van der Waals surface area (Å²) >= 11 is 2.61. The molecule has 1 rings (SSSR count). The lowest BCUT2D eigenvalue weighted by molar-refractivity contribution is -0.256. The highest BCUT2D eigenvalue weighted by Crippen LogP contribution is 2.37. The first kappa shape index (κ1) is 18.8. The number of aromatic nitrogens is 1. The number of alkyl halides is 6. The third-order valence-corrected chi connectivity index (χ3v) is 3.56. The molecular formula is C11H12BrF6N3O. The van der Waals surface area contributed by atoms with Crippen molar-refractivity contribution < 1.29 is 31.1 Å². The van der Waals surface area contributed by atoms with Gasteiger partial charge in [-0.15, -0.1) is 0 Å². The van der Waals surface area contributed by atoms with Gasteiger partial charge in [-0.1, -0.05) is 0 Å². The van der Waals surface area contributed by atoms with Gasteiger partial charge in [0.05, 0.1) is 17.8 Å². The molecule has 4 nitrogen and oxygen atoms in total. The van der Waals surface area contributed by atoms with E-state index in [4.69, 9.17) is 5.73 Å². The average molecular weight is 396 g/mol. The van der Waals surface area contributed by atoms with Gasteiger partial charge in [-0.25, -0.2) is 4.98 Å². The van der Waals surface area contributed by atoms with Gasteiger partial charge in [0, 0.05) is 7.11 Å². The number of methoxy groups -OCH3 is 1. The average Bonchev–Trinajstić information content (AvgIpc) is 2.36. The molecule has 11 heteroatoms. The summed E-state index contributed by atoms with van der Waals surface area (Å²) < 4.78 is 80.2. The van der Waals surface area contributed by atoms with Crippen LogP contribution in [0.15, 0.2) is 10.7 Å². The van der Waals surface area contributed by atoms with Crippen LogP contribution < -0.4 is 11.1 Å². The molecule has 126 valence electrons. The van der Waals surface area contributed by atoms with Crippen molar-refractivity contribution in [1.29, 1.82) is 0 Å². The summed E-state index contributed by atoms with van der Waals surface area (Å²) in [5.74, 6) is -0.313. The third kappa shape index (κ3) is 3.94. The molecule has 0 aliphatic rings. The van der Waals surface area contributed by atoms with E-state index in [-0.39, 0.29) is 5.82 Å². The van der Waals surface area contributed by atoms with Gasteiger partial charge >= 0.3 is 12.4 Å². The monoisotopic (exact) mass is 395 g/mol. The normalized spacial score (nSPS) is 15.5. The Morgan fingerprint density at radius 1 is 1.27 bits per heavy atom. The number of rotatable bonds is 4. The first-order chi connectivity index (χ1) is 9.82. The molecular weight excluding hydrogens is 384 g/mol. The number of ether oxygens (including phenoxy) is 1. The molecule has 0 aliphatic heterocycles. The molecule has 1 aromatic rings. The van der Waals surface area contributed by atoms with Crippen LogP contribution in [-0.4, -0.2) is 30.4 Å². The number of hydrogen-bond donors (Lipinski definition) is 2. The second-order valence-electron chi connectivity index (χ2n) is 4.55. The Bertz CT molecular complexity index is 548. The Labute approximate surface area is 130 Å². The highest BCUT2D eigenvalue weighted by atomic mass is 79.9. The largest absolute Gasteiger partial charge is 0.419 e. The quantitative estimate of drug-likeness (QED) is 0.600. The topological polar surface area (TPSA) is 60.2 Å². The number of pyridine rings is 1. The molecule has 22 heavy (non-hydrogen) atoms. The van der Waals surface area contributed by atoms with Gasteiger partial charge in [0.2, 0.25) is 0 Å². The molecule has 0 radical (unpaired) electrons. The van der Waals surface area contributed by atoms with Crippen molar-refractivity contribution in [3.05, 3.63) is 16.2 Å². The van der Waals surface area contributed by atoms with E-state index in [0.717, 1.165) is 14.0 Å². The predicted molar refractivity (Wildman–Crippen MR) is 71.3 cm³/mol. The first-order valence-corrected chi connectivity index (χ1v) is 6.50. The van der Waals surface area contributed by atoms with Crippen LogP contribution >= 0.6 is 15.9 Å². The summed E-state index contributed by atoms with van der Waals surface area (Å²) in [6.07, 6.45) is -9.38. The maximum Gasteiger partial charge on any atom is 0.419 e. The summed E-state index contributed by atoms with van der Waals surface area (Å²) in [4.78, 5) is 3.50. The molecule has 0 bridgehead atoms. The molecule has 0 fully saturated rings. The van der Waals surface area contributed by atoms with Crippen LogP contribution in [0.5, 0.6) is 0 Å². The molecule has 0 spiro atoms. The molecule has 0 aromatic carbocycles. The van der Waals surface area contributed by atoms with E-state index >= 15 is 0 Å². The van der Waals surface area contributed by atoms with Crippen LogP contribution in [0.1, 0.15) is 12.5 Å². The number of nitrogens with one attached hydrogen (secondary N) is 1. The number of hydrogen-bond acceptors (Lipinski definition) is 4. The third-order valence-electron chi connectivity index (χ3n) is 2.95. The van der Waals surface area contributed by atoms with E-state index in [1.54, 1.807) is 0 Å². The summed E-state index contributed by atoms with van der Waals surface area (Å²) in [5, 5.41) is 2.25. The summed E-state index contributed by atoms with van der Waals surface area (Å²) in [5.41, 5.74) is 1.30. The Morgan fingerprint density at radius 3 is 2.23 bits per heavy atom. The molecule has 0 saturated carbocycles. The van der Waals surface area contributed by atoms with Gasteiger partial charge in [-0.2, -0.15) is 26.3 Å². The van der Waals surface area contributed by atoms with Crippen LogP contribution in [0.3, 0.4) is 0 Å². The summed E-state index contributed by atoms with van der Waals surface area (Å²) in [7, 11) is 0.870. The van der Waals surface area contributed by atoms with E-state index < -0.39 is 40.4 Å². The van der Waals surface area contributed by atoms with Crippen molar-refractivity contribution in [2.45, 2.75) is 24.9 Å². The van der Waals surface area contributed by atoms with Gasteiger partial charge in [-0.05, 0) is 28.9 Å². The summed E-state index contributed by atoms with van der Waals surface area (Å²) in [6.45, 7) is 0.0112. The smallest absolute Gasteiger partial charge is 0.396 e. The Balaban J connectivity index is 3.04. The van der Waals surface area contributed by atoms with Crippen molar-refractivity contribution in [3.63, 3.8) is 0 Å². The number of halogens is 7. The van der Waals surface area contributed by atoms with Gasteiger partial charge in [-0.3, -0.25) is 0 Å². The summed E-state index contributed by atoms with van der Waals surface area (Å²) in [6, 6.07) is 0.581. The molecule has 0 aliphatic carbocycles. The zero-order valence-electron chi connectivity index (χ0n) is 11.4. The van der Waals surface area contributed by atoms with E-state index in [9.17, 15) is 26.3 Å². The second kappa shape index (κ2) is 6.11. The van der Waals surface area contributed by atoms with Crippen LogP contribution in [0, 0.1) is 0 Å². The lowest BCUT2D eigenvalue weighted by Gasteiger charge is -2.31. The first-order valence-electron chi connectivity index (χ1n) is 5.71. The van der Waals surface area contributed by atoms with E-state index in [0.29, 0.717) is 6.07 Å². The predicted octanol–water partition coefficient (Wildman–Crippen LogP) is 3.82. The number of nitrogen functional groups attached to an aromatic ring is 1. The molecule has 0 saturated heterocycles. The van der Waals surface area contributed by atoms with Crippen LogP contribution in [0.25, 0.3) is 0 Å². The zero-order chi connectivity index (χ0) is 17.3. The van der Waals surface area contributed by atoms with Crippen molar-refractivity contribution >= 4 is 27.4 Å². The molecule has 1 heterocycles. The lowest BCUT2D eigenvalue weighted by atomic mass is 10.1. The van der Waals surface area contributed by atoms with Crippen molar-refractivity contribution in [3.8, 4) is 0 Å². The van der Waals surface area contributed by atoms with E-state index in [1.807, 2.05) is 0 Å². The van der Waals surface area contributed by atoms with Crippen molar-refractivity contribution in [1.82, 2.24) is 4.98 Å². The molecule has 1 unspecified atom stereocenters. The van der Waals surface area contributed by atoms with E-state index in [2.05, 4.69) is 31.0 Å². The number of nitrogens with two attached hydrogens (primary N) is 1. The number of nitrogens with zero attached hydrogens (tertiary/aromatic N) is 1. The molecule has 3 N–H and O–H groups in total. The Kier molecular flexibility index (Phi) is 5.22. The Morgan fingerprint density at radius 2 is 1.82 bits per heavy atom. The fraction of sp³-hybridized carbons (Fsp3) is 0.545. The van der Waals surface area contributed by atoms with Gasteiger partial charge < -0.3 is 15.8 Å². The maximum atomic E-state index is 12.8. The van der Waals surface area contributed by atoms with Crippen molar-refractivity contribution in [2.24, 2.45) is 0 Å². The minimum atomic E-state index is -4.69. The highest BCUT2D eigenvalue weighted by Gasteiger charge is 2.51. The zero-order valence-corrected chi connectivity index (χ0v) is 12.9. The van der Waals surface area contributed by atoms with Gasteiger partial charge in [0.25, 0.3) is 0 Å². The standard InChI is InChI=1S/C11H12BrF6N3O/c1-9(22-2,11(16,17)18)4-20-8-6(19)3-5(7(12)21-8)10(13,14)15/h3H,4,19H2,1-2H3,(H,20,21). The van der Waals surface area contributed by atoms with Crippen LogP contribution in [0.2, 0.25) is 0 Å². The van der Waals surface area contributed by atoms with Gasteiger partial charge in [0.15, 0.2) is 11.4 Å². The fourth-order valence-electron chi connectivity index (χ4n) is 1.39. The lowest BCUT2D eigenvalue weighted by Crippen LogP contribution is -2.49. The fourth-order valence-corrected chi connectivity index (χ4v) is 1.90. The van der Waals surface area contributed by atoms with Crippen molar-refractivity contribution in [2.75, 3.05) is 24.7 Å². The minimum absolute atomic E-state index is 0.313. The molecule has 1 atom stereocenters. The SMILES string of the molecule is COC(C)(CNc1nc(Br)c(C(F)(F)F)cc1N)C(F)(F)F. The van der Waals surface area contributed by atoms with Crippen LogP contribution in [0.4, 0.5) is 37.8 Å². The van der Waals surface area contributed by atoms with E-state index in [1.165, 1.54) is 0 Å². The number of anilines is 2. The maximum absolute atomic E-state index is 12.8. The molecule has 0 amide bonds.